The van der Waals surface area contributed by atoms with Crippen molar-refractivity contribution in [3.8, 4) is 0 Å². The molecule has 0 bridgehead atoms. The van der Waals surface area contributed by atoms with Gasteiger partial charge in [-0.2, -0.15) is 5.10 Å². The fourth-order valence-corrected chi connectivity index (χ4v) is 2.51. The van der Waals surface area contributed by atoms with Gasteiger partial charge in [0, 0.05) is 10.6 Å². The molecule has 2 aromatic heterocycles. The number of thiophene rings is 1. The fourth-order valence-electron chi connectivity index (χ4n) is 1.72. The van der Waals surface area contributed by atoms with Gasteiger partial charge in [0.05, 0.1) is 6.54 Å². The molecule has 106 valence electrons. The van der Waals surface area contributed by atoms with Crippen LogP contribution in [0, 0.1) is 0 Å². The Bertz CT molecular complexity index is 618. The molecule has 0 saturated heterocycles. The summed E-state index contributed by atoms with van der Waals surface area (Å²) in [5.41, 5.74) is 1.28. The molecule has 0 spiro atoms. The molecule has 0 aliphatic rings. The van der Waals surface area contributed by atoms with Crippen LogP contribution in [0.4, 0.5) is 0 Å². The number of nitrogens with zero attached hydrogens (tertiary/aromatic N) is 1. The molecule has 2 heterocycles. The highest BCUT2D eigenvalue weighted by molar-refractivity contribution is 7.13. The van der Waals surface area contributed by atoms with Crippen molar-refractivity contribution >= 4 is 23.2 Å². The third-order valence-corrected chi connectivity index (χ3v) is 3.75. The van der Waals surface area contributed by atoms with Crippen molar-refractivity contribution in [2.24, 2.45) is 0 Å². The van der Waals surface area contributed by atoms with Crippen LogP contribution in [0.5, 0.6) is 0 Å². The predicted molar refractivity (Wildman–Crippen MR) is 75.0 cm³/mol. The van der Waals surface area contributed by atoms with Crippen molar-refractivity contribution in [1.82, 2.24) is 15.5 Å². The van der Waals surface area contributed by atoms with Crippen LogP contribution in [0.1, 0.15) is 44.1 Å². The molecule has 0 saturated carbocycles. The van der Waals surface area contributed by atoms with Gasteiger partial charge in [0.15, 0.2) is 0 Å². The Morgan fingerprint density at radius 3 is 2.90 bits per heavy atom. The molecule has 2 rings (SSSR count). The lowest BCUT2D eigenvalue weighted by atomic mass is 10.2. The molecule has 0 aliphatic heterocycles. The van der Waals surface area contributed by atoms with Gasteiger partial charge in [0.25, 0.3) is 5.91 Å². The second-order valence-corrected chi connectivity index (χ2v) is 5.45. The average Bonchev–Trinajstić information content (AvgIpc) is 3.05. The Balaban J connectivity index is 1.91. The second-order valence-electron chi connectivity index (χ2n) is 4.28. The van der Waals surface area contributed by atoms with Crippen LogP contribution < -0.4 is 5.32 Å². The molecule has 1 amide bonds. The Kier molecular flexibility index (Phi) is 4.52. The summed E-state index contributed by atoms with van der Waals surface area (Å²) in [6.45, 7) is 2.35. The summed E-state index contributed by atoms with van der Waals surface area (Å²) in [6.07, 6.45) is 1.84. The zero-order valence-electron chi connectivity index (χ0n) is 11.0. The van der Waals surface area contributed by atoms with Gasteiger partial charge in [-0.15, -0.1) is 11.3 Å². The molecule has 0 unspecified atom stereocenters. The van der Waals surface area contributed by atoms with Gasteiger partial charge < -0.3 is 10.4 Å². The first kappa shape index (κ1) is 14.3. The number of carbonyl (C=O) groups is 2. The maximum atomic E-state index is 11.9. The standard InChI is InChI=1S/C13H15N3O3S/c1-2-3-8-6-10(16-15-8)12(17)14-7-9-4-5-11(20-9)13(18)19/h4-6H,2-3,7H2,1H3,(H,14,17)(H,15,16)(H,18,19). The van der Waals surface area contributed by atoms with E-state index in [-0.39, 0.29) is 10.8 Å². The van der Waals surface area contributed by atoms with Gasteiger partial charge >= 0.3 is 5.97 Å². The van der Waals surface area contributed by atoms with Crippen molar-refractivity contribution in [1.29, 1.82) is 0 Å². The van der Waals surface area contributed by atoms with E-state index < -0.39 is 5.97 Å². The number of nitrogens with one attached hydrogen (secondary N) is 2. The largest absolute Gasteiger partial charge is 0.477 e. The Morgan fingerprint density at radius 1 is 1.45 bits per heavy atom. The van der Waals surface area contributed by atoms with E-state index >= 15 is 0 Å². The van der Waals surface area contributed by atoms with Crippen LogP contribution in [0.25, 0.3) is 0 Å². The lowest BCUT2D eigenvalue weighted by Crippen LogP contribution is -2.22. The van der Waals surface area contributed by atoms with Crippen LogP contribution in [0.2, 0.25) is 0 Å². The van der Waals surface area contributed by atoms with Crippen LogP contribution in [0.15, 0.2) is 18.2 Å². The van der Waals surface area contributed by atoms with Crippen LogP contribution in [-0.4, -0.2) is 27.2 Å². The number of aromatic nitrogens is 2. The fraction of sp³-hybridized carbons (Fsp3) is 0.308. The van der Waals surface area contributed by atoms with Gasteiger partial charge in [-0.25, -0.2) is 4.79 Å². The van der Waals surface area contributed by atoms with E-state index in [1.807, 2.05) is 0 Å². The molecule has 0 radical (unpaired) electrons. The van der Waals surface area contributed by atoms with E-state index in [4.69, 9.17) is 5.11 Å². The molecule has 20 heavy (non-hydrogen) atoms. The number of aromatic amines is 1. The number of hydrogen-bond donors (Lipinski definition) is 3. The highest BCUT2D eigenvalue weighted by atomic mass is 32.1. The summed E-state index contributed by atoms with van der Waals surface area (Å²) < 4.78 is 0. The van der Waals surface area contributed by atoms with E-state index in [0.717, 1.165) is 34.7 Å². The number of carboxylic acids is 1. The van der Waals surface area contributed by atoms with E-state index in [1.54, 1.807) is 12.1 Å². The molecule has 2 aromatic rings. The summed E-state index contributed by atoms with van der Waals surface area (Å²) in [6, 6.07) is 4.96. The van der Waals surface area contributed by atoms with Gasteiger partial charge in [-0.05, 0) is 24.6 Å². The minimum atomic E-state index is -0.955. The van der Waals surface area contributed by atoms with Crippen LogP contribution >= 0.6 is 11.3 Å². The third kappa shape index (κ3) is 3.45. The molecule has 0 aliphatic carbocycles. The van der Waals surface area contributed by atoms with E-state index in [1.165, 1.54) is 6.07 Å². The first-order chi connectivity index (χ1) is 9.60. The van der Waals surface area contributed by atoms with E-state index in [2.05, 4.69) is 22.4 Å². The Hall–Kier alpha value is -2.15. The molecule has 0 aromatic carbocycles. The van der Waals surface area contributed by atoms with Crippen molar-refractivity contribution in [3.05, 3.63) is 39.3 Å². The summed E-state index contributed by atoms with van der Waals surface area (Å²) in [7, 11) is 0. The quantitative estimate of drug-likeness (QED) is 0.759. The molecular weight excluding hydrogens is 278 g/mol. The van der Waals surface area contributed by atoms with Crippen molar-refractivity contribution in [2.75, 3.05) is 0 Å². The zero-order chi connectivity index (χ0) is 14.5. The second kappa shape index (κ2) is 6.33. The number of H-pyrrole nitrogens is 1. The number of rotatable bonds is 6. The molecular formula is C13H15N3O3S. The SMILES string of the molecule is CCCc1cc(C(=O)NCc2ccc(C(=O)O)s2)n[nH]1. The summed E-state index contributed by atoms with van der Waals surface area (Å²) in [4.78, 5) is 23.7. The van der Waals surface area contributed by atoms with E-state index in [9.17, 15) is 9.59 Å². The number of carbonyl (C=O) groups excluding carboxylic acids is 1. The van der Waals surface area contributed by atoms with Gasteiger partial charge in [0.1, 0.15) is 10.6 Å². The van der Waals surface area contributed by atoms with Crippen molar-refractivity contribution in [3.63, 3.8) is 0 Å². The predicted octanol–water partition coefficient (Wildman–Crippen LogP) is 2.05. The minimum absolute atomic E-state index is 0.263. The monoisotopic (exact) mass is 293 g/mol. The molecule has 7 heteroatoms. The lowest BCUT2D eigenvalue weighted by molar-refractivity contribution is 0.0702. The summed E-state index contributed by atoms with van der Waals surface area (Å²) in [5.74, 6) is -1.22. The minimum Gasteiger partial charge on any atom is -0.477 e. The summed E-state index contributed by atoms with van der Waals surface area (Å²) in [5, 5.41) is 18.3. The molecule has 6 nitrogen and oxygen atoms in total. The lowest BCUT2D eigenvalue weighted by Gasteiger charge is -1.99. The number of amides is 1. The maximum absolute atomic E-state index is 11.9. The highest BCUT2D eigenvalue weighted by Gasteiger charge is 2.11. The van der Waals surface area contributed by atoms with Crippen LogP contribution in [-0.2, 0) is 13.0 Å². The Morgan fingerprint density at radius 2 is 2.25 bits per heavy atom. The van der Waals surface area contributed by atoms with Gasteiger partial charge in [-0.3, -0.25) is 9.89 Å². The average molecular weight is 293 g/mol. The third-order valence-electron chi connectivity index (χ3n) is 2.68. The first-order valence-electron chi connectivity index (χ1n) is 6.24. The van der Waals surface area contributed by atoms with Crippen LogP contribution in [0.3, 0.4) is 0 Å². The molecule has 0 fully saturated rings. The number of carboxylic acid groups (broad SMARTS) is 1. The topological polar surface area (TPSA) is 95.1 Å². The molecule has 0 atom stereocenters. The summed E-state index contributed by atoms with van der Waals surface area (Å²) >= 11 is 1.15. The maximum Gasteiger partial charge on any atom is 0.345 e. The van der Waals surface area contributed by atoms with Crippen molar-refractivity contribution in [2.45, 2.75) is 26.3 Å². The van der Waals surface area contributed by atoms with Gasteiger partial charge in [-0.1, -0.05) is 13.3 Å². The molecule has 3 N–H and O–H groups in total. The Labute approximate surface area is 119 Å². The van der Waals surface area contributed by atoms with E-state index in [0.29, 0.717) is 12.2 Å². The highest BCUT2D eigenvalue weighted by Crippen LogP contribution is 2.16. The first-order valence-corrected chi connectivity index (χ1v) is 7.06. The zero-order valence-corrected chi connectivity index (χ0v) is 11.8. The van der Waals surface area contributed by atoms with Gasteiger partial charge in [0.2, 0.25) is 0 Å². The number of aromatic carboxylic acids is 1. The van der Waals surface area contributed by atoms with Crippen molar-refractivity contribution < 1.29 is 14.7 Å². The number of aryl methyl sites for hydroxylation is 1. The number of hydrogen-bond acceptors (Lipinski definition) is 4. The smallest absolute Gasteiger partial charge is 0.345 e. The normalized spacial score (nSPS) is 10.4.